The Morgan fingerprint density at radius 3 is 3.08 bits per heavy atom. The van der Waals surface area contributed by atoms with Gasteiger partial charge in [-0.15, -0.1) is 5.10 Å². The summed E-state index contributed by atoms with van der Waals surface area (Å²) in [5, 5.41) is 6.02. The topological polar surface area (TPSA) is 80.9 Å². The standard InChI is InChI=1S/C5H6N4OS2/c6-4(11)2-7-5(10)3-1-8-9-12-3/h1H,2H2,(H2,6,11)(H,7,10). The van der Waals surface area contributed by atoms with E-state index in [1.807, 2.05) is 0 Å². The molecule has 0 saturated heterocycles. The van der Waals surface area contributed by atoms with Gasteiger partial charge in [0.1, 0.15) is 4.88 Å². The molecule has 1 aromatic heterocycles. The lowest BCUT2D eigenvalue weighted by molar-refractivity contribution is 0.0963. The average molecular weight is 202 g/mol. The van der Waals surface area contributed by atoms with E-state index in [-0.39, 0.29) is 17.4 Å². The molecule has 1 amide bonds. The molecule has 0 aliphatic carbocycles. The number of carbonyl (C=O) groups is 1. The molecule has 0 bridgehead atoms. The molecule has 0 unspecified atom stereocenters. The highest BCUT2D eigenvalue weighted by Gasteiger charge is 2.06. The molecule has 12 heavy (non-hydrogen) atoms. The summed E-state index contributed by atoms with van der Waals surface area (Å²) in [4.78, 5) is 11.8. The van der Waals surface area contributed by atoms with Crippen LogP contribution < -0.4 is 11.1 Å². The van der Waals surface area contributed by atoms with E-state index < -0.39 is 0 Å². The number of carbonyl (C=O) groups excluding carboxylic acids is 1. The van der Waals surface area contributed by atoms with Gasteiger partial charge in [0, 0.05) is 0 Å². The van der Waals surface area contributed by atoms with E-state index in [9.17, 15) is 4.79 Å². The van der Waals surface area contributed by atoms with Crippen molar-refractivity contribution in [3.8, 4) is 0 Å². The molecule has 3 N–H and O–H groups in total. The molecule has 0 saturated carbocycles. The number of aromatic nitrogens is 2. The van der Waals surface area contributed by atoms with Crippen molar-refractivity contribution in [2.24, 2.45) is 5.73 Å². The van der Waals surface area contributed by atoms with Crippen molar-refractivity contribution in [2.45, 2.75) is 0 Å². The highest BCUT2D eigenvalue weighted by molar-refractivity contribution is 7.80. The van der Waals surface area contributed by atoms with Crippen LogP contribution in [0.5, 0.6) is 0 Å². The van der Waals surface area contributed by atoms with Gasteiger partial charge in [0.15, 0.2) is 0 Å². The lowest BCUT2D eigenvalue weighted by Crippen LogP contribution is -2.31. The van der Waals surface area contributed by atoms with Crippen LogP contribution in [-0.4, -0.2) is 27.0 Å². The fraction of sp³-hybridized carbons (Fsp3) is 0.200. The number of thiocarbonyl (C=S) groups is 1. The highest BCUT2D eigenvalue weighted by atomic mass is 32.1. The van der Waals surface area contributed by atoms with Gasteiger partial charge in [0.2, 0.25) is 0 Å². The Hall–Kier alpha value is -1.08. The molecular weight excluding hydrogens is 196 g/mol. The summed E-state index contributed by atoms with van der Waals surface area (Å²) >= 11 is 5.60. The van der Waals surface area contributed by atoms with Gasteiger partial charge in [-0.25, -0.2) is 0 Å². The van der Waals surface area contributed by atoms with Gasteiger partial charge in [-0.1, -0.05) is 16.7 Å². The first-order valence-electron chi connectivity index (χ1n) is 3.04. The largest absolute Gasteiger partial charge is 0.392 e. The molecule has 5 nitrogen and oxygen atoms in total. The van der Waals surface area contributed by atoms with E-state index in [2.05, 4.69) is 27.1 Å². The highest BCUT2D eigenvalue weighted by Crippen LogP contribution is 2.00. The van der Waals surface area contributed by atoms with Crippen molar-refractivity contribution in [2.75, 3.05) is 6.54 Å². The van der Waals surface area contributed by atoms with Crippen molar-refractivity contribution in [1.29, 1.82) is 0 Å². The third kappa shape index (κ3) is 2.51. The number of hydrogen-bond acceptors (Lipinski definition) is 5. The number of amides is 1. The van der Waals surface area contributed by atoms with Crippen LogP contribution in [-0.2, 0) is 0 Å². The van der Waals surface area contributed by atoms with E-state index in [0.717, 1.165) is 11.5 Å². The van der Waals surface area contributed by atoms with Crippen LogP contribution in [0.15, 0.2) is 6.20 Å². The van der Waals surface area contributed by atoms with Crippen LogP contribution in [0.25, 0.3) is 0 Å². The van der Waals surface area contributed by atoms with Crippen LogP contribution in [0.4, 0.5) is 0 Å². The summed E-state index contributed by atoms with van der Waals surface area (Å²) < 4.78 is 3.54. The third-order valence-corrected chi connectivity index (χ3v) is 1.82. The van der Waals surface area contributed by atoms with E-state index in [1.165, 1.54) is 6.20 Å². The molecule has 0 radical (unpaired) electrons. The molecule has 1 aromatic rings. The summed E-state index contributed by atoms with van der Waals surface area (Å²) in [6.45, 7) is 0.200. The number of nitrogens with one attached hydrogen (secondary N) is 1. The van der Waals surface area contributed by atoms with Gasteiger partial charge in [0.25, 0.3) is 5.91 Å². The Morgan fingerprint density at radius 2 is 2.58 bits per heavy atom. The van der Waals surface area contributed by atoms with Gasteiger partial charge in [-0.05, 0) is 11.5 Å². The maximum absolute atomic E-state index is 11.1. The first kappa shape index (κ1) is 9.01. The van der Waals surface area contributed by atoms with Crippen molar-refractivity contribution in [1.82, 2.24) is 14.9 Å². The van der Waals surface area contributed by atoms with E-state index in [1.54, 1.807) is 0 Å². The fourth-order valence-electron chi connectivity index (χ4n) is 0.522. The zero-order chi connectivity index (χ0) is 8.97. The summed E-state index contributed by atoms with van der Waals surface area (Å²) in [6.07, 6.45) is 1.39. The number of rotatable bonds is 3. The molecule has 0 fully saturated rings. The molecule has 64 valence electrons. The van der Waals surface area contributed by atoms with Crippen LogP contribution in [0.1, 0.15) is 9.67 Å². The second-order valence-electron chi connectivity index (χ2n) is 1.93. The second kappa shape index (κ2) is 4.07. The van der Waals surface area contributed by atoms with Crippen LogP contribution in [0, 0.1) is 0 Å². The van der Waals surface area contributed by atoms with Gasteiger partial charge < -0.3 is 11.1 Å². The quantitative estimate of drug-likeness (QED) is 0.649. The molecular formula is C5H6N4OS2. The minimum Gasteiger partial charge on any atom is -0.392 e. The van der Waals surface area contributed by atoms with Gasteiger partial charge in [-0.3, -0.25) is 4.79 Å². The molecule has 0 aliphatic heterocycles. The summed E-state index contributed by atoms with van der Waals surface area (Å²) in [6, 6.07) is 0. The molecule has 1 rings (SSSR count). The predicted octanol–water partition coefficient (Wildman–Crippen LogP) is -0.446. The molecule has 7 heteroatoms. The van der Waals surface area contributed by atoms with E-state index >= 15 is 0 Å². The predicted molar refractivity (Wildman–Crippen MR) is 49.0 cm³/mol. The van der Waals surface area contributed by atoms with E-state index in [0.29, 0.717) is 4.88 Å². The first-order valence-corrected chi connectivity index (χ1v) is 4.22. The number of hydrogen-bond donors (Lipinski definition) is 2. The minimum absolute atomic E-state index is 0.200. The van der Waals surface area contributed by atoms with Crippen molar-refractivity contribution >= 4 is 34.6 Å². The Kier molecular flexibility index (Phi) is 3.06. The first-order chi connectivity index (χ1) is 5.70. The summed E-state index contributed by atoms with van der Waals surface area (Å²) in [7, 11) is 0. The summed E-state index contributed by atoms with van der Waals surface area (Å²) in [5.74, 6) is -0.252. The Morgan fingerprint density at radius 1 is 1.83 bits per heavy atom. The normalized spacial score (nSPS) is 9.33. The van der Waals surface area contributed by atoms with Crippen molar-refractivity contribution in [3.05, 3.63) is 11.1 Å². The van der Waals surface area contributed by atoms with Crippen molar-refractivity contribution in [3.63, 3.8) is 0 Å². The molecule has 0 spiro atoms. The molecule has 1 heterocycles. The zero-order valence-corrected chi connectivity index (χ0v) is 7.61. The monoisotopic (exact) mass is 202 g/mol. The minimum atomic E-state index is -0.252. The van der Waals surface area contributed by atoms with Gasteiger partial charge in [-0.2, -0.15) is 0 Å². The van der Waals surface area contributed by atoms with E-state index in [4.69, 9.17) is 5.73 Å². The maximum Gasteiger partial charge on any atom is 0.265 e. The lowest BCUT2D eigenvalue weighted by atomic mass is 10.5. The SMILES string of the molecule is NC(=S)CNC(=O)c1cnns1. The molecule has 0 aliphatic rings. The van der Waals surface area contributed by atoms with Gasteiger partial charge >= 0.3 is 0 Å². The smallest absolute Gasteiger partial charge is 0.265 e. The third-order valence-electron chi connectivity index (χ3n) is 1.01. The van der Waals surface area contributed by atoms with Crippen molar-refractivity contribution < 1.29 is 4.79 Å². The molecule has 0 aromatic carbocycles. The Bertz CT molecular complexity index is 284. The van der Waals surface area contributed by atoms with Crippen LogP contribution >= 0.6 is 23.8 Å². The second-order valence-corrected chi connectivity index (χ2v) is 3.24. The van der Waals surface area contributed by atoms with Crippen LogP contribution in [0.2, 0.25) is 0 Å². The van der Waals surface area contributed by atoms with Crippen LogP contribution in [0.3, 0.4) is 0 Å². The lowest BCUT2D eigenvalue weighted by Gasteiger charge is -1.98. The zero-order valence-electron chi connectivity index (χ0n) is 5.98. The average Bonchev–Trinajstić information content (AvgIpc) is 2.51. The molecule has 0 atom stereocenters. The summed E-state index contributed by atoms with van der Waals surface area (Å²) in [5.41, 5.74) is 5.18. The number of nitrogens with two attached hydrogens (primary N) is 1. The Balaban J connectivity index is 2.45. The van der Waals surface area contributed by atoms with Gasteiger partial charge in [0.05, 0.1) is 17.7 Å². The number of nitrogens with zero attached hydrogens (tertiary/aromatic N) is 2. The maximum atomic E-state index is 11.1. The Labute approximate surface area is 78.1 Å². The fourth-order valence-corrected chi connectivity index (χ4v) is 1.03.